The number of halogens is 2. The van der Waals surface area contributed by atoms with E-state index in [1.165, 1.54) is 12.1 Å². The topological polar surface area (TPSA) is 38.3 Å². The summed E-state index contributed by atoms with van der Waals surface area (Å²) in [7, 11) is 0. The molecule has 3 nitrogen and oxygen atoms in total. The molecule has 0 unspecified atom stereocenters. The minimum absolute atomic E-state index is 0.316. The summed E-state index contributed by atoms with van der Waals surface area (Å²) < 4.78 is 29.4. The van der Waals surface area contributed by atoms with Gasteiger partial charge in [0.25, 0.3) is 0 Å². The molecule has 0 heterocycles. The van der Waals surface area contributed by atoms with E-state index in [1.807, 2.05) is 34.6 Å². The maximum absolute atomic E-state index is 12.2. The molecule has 0 radical (unpaired) electrons. The second-order valence-corrected chi connectivity index (χ2v) is 6.08. The Morgan fingerprint density at radius 1 is 1.08 bits per heavy atom. The van der Waals surface area contributed by atoms with Crippen LogP contribution in [0.3, 0.4) is 0 Å². The monoisotopic (exact) mass is 371 g/mol. The third kappa shape index (κ3) is 21.9. The van der Waals surface area contributed by atoms with Crippen molar-refractivity contribution in [3.63, 3.8) is 0 Å². The van der Waals surface area contributed by atoms with Gasteiger partial charge in [-0.1, -0.05) is 33.6 Å². The molecule has 0 spiro atoms. The van der Waals surface area contributed by atoms with Crippen molar-refractivity contribution in [1.29, 1.82) is 0 Å². The lowest BCUT2D eigenvalue weighted by atomic mass is 10.2. The highest BCUT2D eigenvalue weighted by Crippen LogP contribution is 2.06. The maximum Gasteiger partial charge on any atom is 0.407 e. The van der Waals surface area contributed by atoms with E-state index >= 15 is 0 Å². The van der Waals surface area contributed by atoms with Crippen molar-refractivity contribution in [2.45, 2.75) is 73.3 Å². The first-order valence-electron chi connectivity index (χ1n) is 8.87. The second-order valence-electron chi connectivity index (χ2n) is 6.08. The fourth-order valence-electron chi connectivity index (χ4n) is 1.57. The Morgan fingerprint density at radius 2 is 1.54 bits per heavy atom. The number of terminal acetylenes is 1. The van der Waals surface area contributed by atoms with Crippen LogP contribution in [0.2, 0.25) is 0 Å². The lowest BCUT2D eigenvalue weighted by molar-refractivity contribution is 0.0527. The van der Waals surface area contributed by atoms with E-state index < -0.39 is 17.2 Å². The van der Waals surface area contributed by atoms with Gasteiger partial charge in [-0.05, 0) is 51.8 Å². The Kier molecular flexibility index (Phi) is 19.6. The summed E-state index contributed by atoms with van der Waals surface area (Å²) in [6, 6.07) is 3.42. The van der Waals surface area contributed by atoms with Crippen LogP contribution >= 0.6 is 0 Å². The summed E-state index contributed by atoms with van der Waals surface area (Å²) in [4.78, 5) is 11.1. The Morgan fingerprint density at radius 3 is 1.88 bits per heavy atom. The Bertz CT molecular complexity index is 444. The lowest BCUT2D eigenvalue weighted by Crippen LogP contribution is -2.32. The van der Waals surface area contributed by atoms with Crippen molar-refractivity contribution in [3.05, 3.63) is 35.4 Å². The molecular formula is C21H35F2NO2. The summed E-state index contributed by atoms with van der Waals surface area (Å²) in [6.07, 6.45) is 11.0. The molecule has 1 N–H and O–H groups in total. The summed E-state index contributed by atoms with van der Waals surface area (Å²) >= 11 is 0. The van der Waals surface area contributed by atoms with Gasteiger partial charge in [0.1, 0.15) is 17.2 Å². The zero-order chi connectivity index (χ0) is 21.2. The molecule has 0 aliphatic rings. The van der Waals surface area contributed by atoms with Crippen molar-refractivity contribution in [3.8, 4) is 12.8 Å². The van der Waals surface area contributed by atoms with E-state index in [0.717, 1.165) is 25.3 Å². The van der Waals surface area contributed by atoms with E-state index in [1.54, 1.807) is 6.92 Å². The number of benzene rings is 1. The molecule has 0 atom stereocenters. The first-order valence-corrected chi connectivity index (χ1v) is 8.87. The van der Waals surface area contributed by atoms with Crippen LogP contribution in [0.25, 0.3) is 0 Å². The Labute approximate surface area is 158 Å². The Hall–Kier alpha value is -2.09. The predicted octanol–water partition coefficient (Wildman–Crippen LogP) is 6.25. The third-order valence-electron chi connectivity index (χ3n) is 2.46. The fourth-order valence-corrected chi connectivity index (χ4v) is 1.57. The minimum atomic E-state index is -0.521. The van der Waals surface area contributed by atoms with Crippen molar-refractivity contribution in [2.75, 3.05) is 6.54 Å². The number of hydrogen-bond acceptors (Lipinski definition) is 2. The molecule has 0 saturated carbocycles. The van der Waals surface area contributed by atoms with Gasteiger partial charge in [0, 0.05) is 12.6 Å². The van der Waals surface area contributed by atoms with Crippen LogP contribution in [0.1, 0.15) is 66.4 Å². The average Bonchev–Trinajstić information content (AvgIpc) is 2.53. The first-order chi connectivity index (χ1) is 12.1. The molecule has 26 heavy (non-hydrogen) atoms. The number of carbonyl (C=O) groups excluding carboxylic acids is 1. The molecule has 0 aromatic heterocycles. The zero-order valence-corrected chi connectivity index (χ0v) is 17.3. The quantitative estimate of drug-likeness (QED) is 0.502. The van der Waals surface area contributed by atoms with Gasteiger partial charge in [-0.2, -0.15) is 0 Å². The number of aryl methyl sites for hydroxylation is 1. The number of amides is 1. The van der Waals surface area contributed by atoms with Gasteiger partial charge in [0.05, 0.1) is 0 Å². The van der Waals surface area contributed by atoms with Crippen LogP contribution in [0.15, 0.2) is 18.2 Å². The highest BCUT2D eigenvalue weighted by Gasteiger charge is 2.15. The molecule has 1 aromatic rings. The van der Waals surface area contributed by atoms with Crippen LogP contribution in [-0.4, -0.2) is 18.2 Å². The number of alkyl carbamates (subject to hydrolysis) is 1. The second kappa shape index (κ2) is 17.7. The summed E-state index contributed by atoms with van der Waals surface area (Å²) in [6.45, 7) is 14.1. The van der Waals surface area contributed by atoms with Crippen LogP contribution in [0.5, 0.6) is 0 Å². The van der Waals surface area contributed by atoms with Gasteiger partial charge in [-0.25, -0.2) is 13.6 Å². The first kappa shape index (κ1) is 28.7. The summed E-state index contributed by atoms with van der Waals surface area (Å²) in [5.74, 6) is -1.04. The van der Waals surface area contributed by atoms with E-state index in [0.29, 0.717) is 12.1 Å². The number of ether oxygens (including phenoxy) is 1. The van der Waals surface area contributed by atoms with Gasteiger partial charge >= 0.3 is 6.09 Å². The number of unbranched alkanes of at least 4 members (excludes halogenated alkanes) is 2. The number of rotatable bonds is 4. The maximum atomic E-state index is 12.2. The molecule has 0 aliphatic carbocycles. The zero-order valence-electron chi connectivity index (χ0n) is 17.3. The van der Waals surface area contributed by atoms with Crippen LogP contribution < -0.4 is 5.32 Å². The molecule has 5 heteroatoms. The van der Waals surface area contributed by atoms with Crippen LogP contribution in [0, 0.1) is 31.4 Å². The van der Waals surface area contributed by atoms with E-state index in [9.17, 15) is 13.6 Å². The molecule has 0 aliphatic heterocycles. The molecule has 1 rings (SSSR count). The molecule has 150 valence electrons. The van der Waals surface area contributed by atoms with Gasteiger partial charge in [0.2, 0.25) is 0 Å². The van der Waals surface area contributed by atoms with E-state index in [2.05, 4.69) is 25.1 Å². The molecule has 1 aromatic carbocycles. The third-order valence-corrected chi connectivity index (χ3v) is 2.46. The lowest BCUT2D eigenvalue weighted by Gasteiger charge is -2.19. The summed E-state index contributed by atoms with van der Waals surface area (Å²) in [5, 5.41) is 2.71. The van der Waals surface area contributed by atoms with Crippen LogP contribution in [-0.2, 0) is 4.74 Å². The van der Waals surface area contributed by atoms with Crippen LogP contribution in [0.4, 0.5) is 13.6 Å². The molecule has 0 saturated heterocycles. The fraction of sp³-hybridized carbons (Fsp3) is 0.571. The highest BCUT2D eigenvalue weighted by atomic mass is 19.1. The molecular weight excluding hydrogens is 336 g/mol. The van der Waals surface area contributed by atoms with Crippen molar-refractivity contribution in [2.24, 2.45) is 0 Å². The number of hydrogen-bond donors (Lipinski definition) is 1. The minimum Gasteiger partial charge on any atom is -0.444 e. The largest absolute Gasteiger partial charge is 0.444 e. The summed E-state index contributed by atoms with van der Waals surface area (Å²) in [5.41, 5.74) is 0.210. The smallest absolute Gasteiger partial charge is 0.407 e. The van der Waals surface area contributed by atoms with E-state index in [-0.39, 0.29) is 6.09 Å². The van der Waals surface area contributed by atoms with Gasteiger partial charge in [0.15, 0.2) is 0 Å². The van der Waals surface area contributed by atoms with Gasteiger partial charge in [-0.15, -0.1) is 12.8 Å². The van der Waals surface area contributed by atoms with Crippen molar-refractivity contribution >= 4 is 6.09 Å². The average molecular weight is 372 g/mol. The molecule has 0 fully saturated rings. The normalized spacial score (nSPS) is 9.19. The number of nitrogens with one attached hydrogen (secondary N) is 1. The van der Waals surface area contributed by atoms with Crippen molar-refractivity contribution in [1.82, 2.24) is 5.32 Å². The van der Waals surface area contributed by atoms with Gasteiger partial charge < -0.3 is 10.1 Å². The highest BCUT2D eigenvalue weighted by molar-refractivity contribution is 5.67. The standard InChI is InChI=1S/C10H21NO2.C7H6F2.C2H6.C2H2/c1-5-6-7-8-11-9(12)13-10(2,3)4;1-5-2-6(8)4-7(9)3-5;2*1-2/h5-8H2,1-4H3,(H,11,12);2-4H,1H3;1-2H3;1-2H. The van der Waals surface area contributed by atoms with E-state index in [4.69, 9.17) is 4.74 Å². The predicted molar refractivity (Wildman–Crippen MR) is 106 cm³/mol. The SMILES string of the molecule is C#C.CC.CCCCCNC(=O)OC(C)(C)C.Cc1cc(F)cc(F)c1. The number of carbonyl (C=O) groups is 1. The van der Waals surface area contributed by atoms with Gasteiger partial charge in [-0.3, -0.25) is 0 Å². The molecule has 0 bridgehead atoms. The van der Waals surface area contributed by atoms with Crippen molar-refractivity contribution < 1.29 is 18.3 Å². The molecule has 1 amide bonds. The Balaban J connectivity index is -0.000000353.